The summed E-state index contributed by atoms with van der Waals surface area (Å²) in [5, 5.41) is 7.95. The summed E-state index contributed by atoms with van der Waals surface area (Å²) in [6.45, 7) is 8.89. The molecule has 0 radical (unpaired) electrons. The maximum atomic E-state index is 5.26. The highest BCUT2D eigenvalue weighted by molar-refractivity contribution is 5.13. The minimum Gasteiger partial charge on any atom is -0.383 e. The van der Waals surface area contributed by atoms with Crippen molar-refractivity contribution in [3.63, 3.8) is 0 Å². The zero-order valence-electron chi connectivity index (χ0n) is 10.8. The van der Waals surface area contributed by atoms with E-state index in [1.165, 1.54) is 5.69 Å². The van der Waals surface area contributed by atoms with Crippen LogP contribution in [0.5, 0.6) is 0 Å². The van der Waals surface area contributed by atoms with Gasteiger partial charge in [0.15, 0.2) is 0 Å². The highest BCUT2D eigenvalue weighted by atomic mass is 16.5. The van der Waals surface area contributed by atoms with Crippen LogP contribution in [0, 0.1) is 6.92 Å². The fraction of sp³-hybridized carbons (Fsp3) is 0.750. The highest BCUT2D eigenvalue weighted by Crippen LogP contribution is 2.15. The van der Waals surface area contributed by atoms with Crippen LogP contribution in [0.4, 0.5) is 0 Å². The Morgan fingerprint density at radius 3 is 2.81 bits per heavy atom. The molecular formula is C12H23N3O. The van der Waals surface area contributed by atoms with Crippen LogP contribution >= 0.6 is 0 Å². The number of nitrogens with one attached hydrogen (secondary N) is 1. The minimum atomic E-state index is 0.242. The fourth-order valence-corrected chi connectivity index (χ4v) is 1.83. The van der Waals surface area contributed by atoms with Gasteiger partial charge in [-0.3, -0.25) is 4.68 Å². The van der Waals surface area contributed by atoms with E-state index in [4.69, 9.17) is 4.74 Å². The van der Waals surface area contributed by atoms with E-state index in [1.54, 1.807) is 7.11 Å². The Hall–Kier alpha value is -0.870. The van der Waals surface area contributed by atoms with Crippen molar-refractivity contribution in [1.82, 2.24) is 15.1 Å². The number of methoxy groups -OCH3 is 1. The molecule has 16 heavy (non-hydrogen) atoms. The number of aryl methyl sites for hydroxylation is 2. The SMILES string of the molecule is CCCNC(COC)c1cc(C)nn1CC. The average Bonchev–Trinajstić information content (AvgIpc) is 2.65. The zero-order chi connectivity index (χ0) is 12.0. The van der Waals surface area contributed by atoms with Gasteiger partial charge in [0.25, 0.3) is 0 Å². The Labute approximate surface area is 98.0 Å². The predicted octanol–water partition coefficient (Wildman–Crippen LogP) is 1.90. The number of ether oxygens (including phenoxy) is 1. The Bertz CT molecular complexity index is 309. The monoisotopic (exact) mass is 225 g/mol. The molecule has 1 heterocycles. The molecule has 1 N–H and O–H groups in total. The van der Waals surface area contributed by atoms with E-state index < -0.39 is 0 Å². The third kappa shape index (κ3) is 3.32. The first-order valence-corrected chi connectivity index (χ1v) is 5.99. The van der Waals surface area contributed by atoms with E-state index in [2.05, 4.69) is 30.3 Å². The minimum absolute atomic E-state index is 0.242. The maximum absolute atomic E-state index is 5.26. The van der Waals surface area contributed by atoms with Crippen molar-refractivity contribution in [3.8, 4) is 0 Å². The second-order valence-corrected chi connectivity index (χ2v) is 3.99. The van der Waals surface area contributed by atoms with Crippen molar-refractivity contribution in [1.29, 1.82) is 0 Å². The molecule has 0 saturated carbocycles. The van der Waals surface area contributed by atoms with Crippen LogP contribution in [0.25, 0.3) is 0 Å². The van der Waals surface area contributed by atoms with Crippen molar-refractivity contribution in [2.75, 3.05) is 20.3 Å². The predicted molar refractivity (Wildman–Crippen MR) is 65.5 cm³/mol. The van der Waals surface area contributed by atoms with E-state index in [9.17, 15) is 0 Å². The molecule has 92 valence electrons. The third-order valence-corrected chi connectivity index (χ3v) is 2.56. The fourth-order valence-electron chi connectivity index (χ4n) is 1.83. The lowest BCUT2D eigenvalue weighted by atomic mass is 10.2. The van der Waals surface area contributed by atoms with Gasteiger partial charge in [0, 0.05) is 13.7 Å². The summed E-state index contributed by atoms with van der Waals surface area (Å²) in [4.78, 5) is 0. The van der Waals surface area contributed by atoms with Gasteiger partial charge < -0.3 is 10.1 Å². The molecule has 4 nitrogen and oxygen atoms in total. The van der Waals surface area contributed by atoms with Gasteiger partial charge in [0.05, 0.1) is 24.0 Å². The summed E-state index contributed by atoms with van der Waals surface area (Å²) >= 11 is 0. The summed E-state index contributed by atoms with van der Waals surface area (Å²) in [5.41, 5.74) is 2.28. The van der Waals surface area contributed by atoms with Crippen LogP contribution in [0.15, 0.2) is 6.07 Å². The van der Waals surface area contributed by atoms with E-state index in [1.807, 2.05) is 11.6 Å². The van der Waals surface area contributed by atoms with Gasteiger partial charge in [-0.05, 0) is 32.9 Å². The quantitative estimate of drug-likeness (QED) is 0.770. The lowest BCUT2D eigenvalue weighted by Gasteiger charge is -2.18. The molecule has 0 aliphatic heterocycles. The number of hydrogen-bond acceptors (Lipinski definition) is 3. The first-order valence-electron chi connectivity index (χ1n) is 5.99. The smallest absolute Gasteiger partial charge is 0.0729 e. The van der Waals surface area contributed by atoms with Crippen molar-refractivity contribution in [3.05, 3.63) is 17.5 Å². The molecule has 0 aliphatic rings. The van der Waals surface area contributed by atoms with Crippen LogP contribution < -0.4 is 5.32 Å². The number of rotatable bonds is 7. The molecule has 0 aliphatic carbocycles. The first-order chi connectivity index (χ1) is 7.72. The van der Waals surface area contributed by atoms with Gasteiger partial charge in [0.2, 0.25) is 0 Å². The molecule has 1 rings (SSSR count). The molecular weight excluding hydrogens is 202 g/mol. The van der Waals surface area contributed by atoms with E-state index in [0.29, 0.717) is 6.61 Å². The van der Waals surface area contributed by atoms with Crippen molar-refractivity contribution in [2.45, 2.75) is 39.8 Å². The lowest BCUT2D eigenvalue weighted by Crippen LogP contribution is -2.28. The molecule has 1 atom stereocenters. The Morgan fingerprint density at radius 2 is 2.25 bits per heavy atom. The maximum Gasteiger partial charge on any atom is 0.0729 e. The Balaban J connectivity index is 2.81. The van der Waals surface area contributed by atoms with Gasteiger partial charge in [-0.2, -0.15) is 5.10 Å². The molecule has 0 amide bonds. The second-order valence-electron chi connectivity index (χ2n) is 3.99. The molecule has 1 unspecified atom stereocenters. The molecule has 1 aromatic heterocycles. The largest absolute Gasteiger partial charge is 0.383 e. The van der Waals surface area contributed by atoms with Gasteiger partial charge in [-0.15, -0.1) is 0 Å². The zero-order valence-corrected chi connectivity index (χ0v) is 10.8. The van der Waals surface area contributed by atoms with Crippen LogP contribution in [0.2, 0.25) is 0 Å². The number of hydrogen-bond donors (Lipinski definition) is 1. The molecule has 0 bridgehead atoms. The normalized spacial score (nSPS) is 13.0. The first kappa shape index (κ1) is 13.2. The third-order valence-electron chi connectivity index (χ3n) is 2.56. The topological polar surface area (TPSA) is 39.1 Å². The van der Waals surface area contributed by atoms with Crippen molar-refractivity contribution in [2.24, 2.45) is 0 Å². The summed E-state index contributed by atoms with van der Waals surface area (Å²) in [6.07, 6.45) is 1.12. The van der Waals surface area contributed by atoms with Gasteiger partial charge in [-0.25, -0.2) is 0 Å². The van der Waals surface area contributed by atoms with Crippen LogP contribution in [0.1, 0.15) is 37.7 Å². The average molecular weight is 225 g/mol. The van der Waals surface area contributed by atoms with Crippen LogP contribution in [0.3, 0.4) is 0 Å². The molecule has 1 aromatic rings. The van der Waals surface area contributed by atoms with Crippen LogP contribution in [-0.4, -0.2) is 30.0 Å². The Kier molecular flexibility index (Phi) is 5.49. The highest BCUT2D eigenvalue weighted by Gasteiger charge is 2.15. The summed E-state index contributed by atoms with van der Waals surface area (Å²) < 4.78 is 7.30. The van der Waals surface area contributed by atoms with Gasteiger partial charge in [0.1, 0.15) is 0 Å². The summed E-state index contributed by atoms with van der Waals surface area (Å²) in [7, 11) is 1.74. The molecule has 0 fully saturated rings. The van der Waals surface area contributed by atoms with Crippen molar-refractivity contribution >= 4 is 0 Å². The Morgan fingerprint density at radius 1 is 1.50 bits per heavy atom. The summed E-state index contributed by atoms with van der Waals surface area (Å²) in [5.74, 6) is 0. The van der Waals surface area contributed by atoms with Gasteiger partial charge >= 0.3 is 0 Å². The lowest BCUT2D eigenvalue weighted by molar-refractivity contribution is 0.163. The summed E-state index contributed by atoms with van der Waals surface area (Å²) in [6, 6.07) is 2.38. The van der Waals surface area contributed by atoms with E-state index in [-0.39, 0.29) is 6.04 Å². The molecule has 0 aromatic carbocycles. The number of aromatic nitrogens is 2. The second kappa shape index (κ2) is 6.66. The van der Waals surface area contributed by atoms with Gasteiger partial charge in [-0.1, -0.05) is 6.92 Å². The number of nitrogens with zero attached hydrogens (tertiary/aromatic N) is 2. The van der Waals surface area contributed by atoms with Crippen molar-refractivity contribution < 1.29 is 4.74 Å². The molecule has 0 saturated heterocycles. The molecule has 4 heteroatoms. The molecule has 0 spiro atoms. The standard InChI is InChI=1S/C12H23N3O/c1-5-7-13-11(9-16-4)12-8-10(3)14-15(12)6-2/h8,11,13H,5-7,9H2,1-4H3. The van der Waals surface area contributed by atoms with E-state index in [0.717, 1.165) is 25.2 Å². The van der Waals surface area contributed by atoms with E-state index >= 15 is 0 Å². The van der Waals surface area contributed by atoms with Crippen LogP contribution in [-0.2, 0) is 11.3 Å².